The quantitative estimate of drug-likeness (QED) is 0.546. The minimum Gasteiger partial charge on any atom is -0.444 e. The Hall–Kier alpha value is -3.98. The van der Waals surface area contributed by atoms with Crippen molar-refractivity contribution in [2.45, 2.75) is 26.4 Å². The number of nitrogens with zero attached hydrogens (tertiary/aromatic N) is 4. The molecule has 0 spiro atoms. The zero-order valence-corrected chi connectivity index (χ0v) is 21.1. The van der Waals surface area contributed by atoms with E-state index in [0.717, 1.165) is 43.0 Å². The molecule has 3 heterocycles. The van der Waals surface area contributed by atoms with Crippen molar-refractivity contribution in [3.8, 4) is 11.1 Å². The summed E-state index contributed by atoms with van der Waals surface area (Å²) in [5.74, 6) is -0.376. The zero-order chi connectivity index (χ0) is 25.7. The van der Waals surface area contributed by atoms with Crippen molar-refractivity contribution in [1.82, 2.24) is 14.9 Å². The van der Waals surface area contributed by atoms with Gasteiger partial charge >= 0.3 is 6.09 Å². The van der Waals surface area contributed by atoms with Gasteiger partial charge in [0, 0.05) is 38.6 Å². The first-order valence-electron chi connectivity index (χ1n) is 11.9. The van der Waals surface area contributed by atoms with Gasteiger partial charge in [-0.15, -0.1) is 0 Å². The second kappa shape index (κ2) is 10.7. The molecule has 3 aromatic rings. The van der Waals surface area contributed by atoms with Crippen LogP contribution < -0.4 is 15.5 Å². The Kier molecular flexibility index (Phi) is 7.49. The van der Waals surface area contributed by atoms with E-state index in [1.54, 1.807) is 57.6 Å². The number of anilines is 3. The Labute approximate surface area is 211 Å². The van der Waals surface area contributed by atoms with E-state index in [-0.39, 0.29) is 11.6 Å². The van der Waals surface area contributed by atoms with Crippen molar-refractivity contribution in [3.05, 3.63) is 66.7 Å². The molecule has 2 aromatic heterocycles. The predicted octanol–water partition coefficient (Wildman–Crippen LogP) is 4.49. The number of hydrogen-bond donors (Lipinski definition) is 2. The molecule has 1 aromatic carbocycles. The number of carbonyl (C=O) groups excluding carboxylic acids is 2. The Morgan fingerprint density at radius 3 is 2.25 bits per heavy atom. The van der Waals surface area contributed by atoms with Crippen LogP contribution in [0.3, 0.4) is 0 Å². The monoisotopic (exact) mass is 488 g/mol. The van der Waals surface area contributed by atoms with Crippen LogP contribution in [0.5, 0.6) is 0 Å². The second-order valence-electron chi connectivity index (χ2n) is 9.77. The number of rotatable bonds is 5. The van der Waals surface area contributed by atoms with Gasteiger partial charge in [-0.1, -0.05) is 6.07 Å². The van der Waals surface area contributed by atoms with Gasteiger partial charge in [-0.25, -0.2) is 9.78 Å². The van der Waals surface area contributed by atoms with E-state index in [0.29, 0.717) is 11.4 Å². The summed E-state index contributed by atoms with van der Waals surface area (Å²) in [5.41, 5.74) is 3.27. The average molecular weight is 489 g/mol. The Morgan fingerprint density at radius 1 is 0.889 bits per heavy atom. The molecule has 0 atom stereocenters. The van der Waals surface area contributed by atoms with Crippen molar-refractivity contribution in [2.75, 3.05) is 48.8 Å². The molecule has 9 heteroatoms. The molecule has 9 nitrogen and oxygen atoms in total. The maximum Gasteiger partial charge on any atom is 0.412 e. The Bertz CT molecular complexity index is 1200. The third kappa shape index (κ3) is 6.57. The molecule has 4 rings (SSSR count). The topological polar surface area (TPSA) is 99.7 Å². The predicted molar refractivity (Wildman–Crippen MR) is 141 cm³/mol. The van der Waals surface area contributed by atoms with Gasteiger partial charge in [0.25, 0.3) is 5.91 Å². The minimum atomic E-state index is -0.653. The number of pyridine rings is 2. The van der Waals surface area contributed by atoms with Gasteiger partial charge in [0.1, 0.15) is 11.3 Å². The average Bonchev–Trinajstić information content (AvgIpc) is 2.85. The molecule has 1 aliphatic rings. The maximum absolute atomic E-state index is 13.1. The molecule has 2 N–H and O–H groups in total. The van der Waals surface area contributed by atoms with Crippen LogP contribution in [0.1, 0.15) is 31.3 Å². The van der Waals surface area contributed by atoms with Crippen LogP contribution in [0, 0.1) is 0 Å². The molecule has 1 fully saturated rings. The number of hydrogen-bond acceptors (Lipinski definition) is 7. The third-order valence-corrected chi connectivity index (χ3v) is 5.77. The number of ether oxygens (including phenoxy) is 1. The molecule has 0 aliphatic carbocycles. The van der Waals surface area contributed by atoms with E-state index in [1.807, 2.05) is 24.3 Å². The molecule has 1 saturated heterocycles. The van der Waals surface area contributed by atoms with Crippen molar-refractivity contribution in [1.29, 1.82) is 0 Å². The lowest BCUT2D eigenvalue weighted by molar-refractivity contribution is 0.0635. The lowest BCUT2D eigenvalue weighted by Gasteiger charge is -2.33. The van der Waals surface area contributed by atoms with Crippen LogP contribution in [0.25, 0.3) is 11.1 Å². The number of carbonyl (C=O) groups is 2. The SMILES string of the molecule is CN1CCN(c2ccc(C(=O)Nc3cc(-c4ccncc4)ccc3NC(=O)OC(C)(C)C)nc2)CC1. The smallest absolute Gasteiger partial charge is 0.412 e. The largest absolute Gasteiger partial charge is 0.444 e. The van der Waals surface area contributed by atoms with E-state index < -0.39 is 11.7 Å². The van der Waals surface area contributed by atoms with Gasteiger partial charge < -0.3 is 19.9 Å². The van der Waals surface area contributed by atoms with E-state index in [2.05, 4.69) is 37.4 Å². The van der Waals surface area contributed by atoms with Gasteiger partial charge in [-0.3, -0.25) is 15.1 Å². The number of benzene rings is 1. The summed E-state index contributed by atoms with van der Waals surface area (Å²) < 4.78 is 5.39. The highest BCUT2D eigenvalue weighted by molar-refractivity contribution is 6.06. The molecule has 2 amide bonds. The summed E-state index contributed by atoms with van der Waals surface area (Å²) in [6, 6.07) is 12.8. The standard InChI is InChI=1S/C27H32N6O3/c1-27(2,3)36-26(35)31-22-7-5-20(19-9-11-28-12-10-19)17-24(22)30-25(34)23-8-6-21(18-29-23)33-15-13-32(4)14-16-33/h5-12,17-18H,13-16H2,1-4H3,(H,30,34)(H,31,35). The number of nitrogens with one attached hydrogen (secondary N) is 2. The van der Waals surface area contributed by atoms with Gasteiger partial charge in [-0.05, 0) is 75.3 Å². The molecule has 0 unspecified atom stereocenters. The molecule has 0 radical (unpaired) electrons. The van der Waals surface area contributed by atoms with Crippen molar-refractivity contribution < 1.29 is 14.3 Å². The number of likely N-dealkylation sites (N-methyl/N-ethyl adjacent to an activating group) is 1. The molecule has 36 heavy (non-hydrogen) atoms. The van der Waals surface area contributed by atoms with Gasteiger partial charge in [0.2, 0.25) is 0 Å². The van der Waals surface area contributed by atoms with E-state index in [1.165, 1.54) is 0 Å². The summed E-state index contributed by atoms with van der Waals surface area (Å²) in [5, 5.41) is 5.64. The lowest BCUT2D eigenvalue weighted by atomic mass is 10.1. The molecular formula is C27H32N6O3. The highest BCUT2D eigenvalue weighted by atomic mass is 16.6. The Morgan fingerprint density at radius 2 is 1.61 bits per heavy atom. The van der Waals surface area contributed by atoms with Crippen molar-refractivity contribution >= 4 is 29.1 Å². The van der Waals surface area contributed by atoms with E-state index in [9.17, 15) is 9.59 Å². The Balaban J connectivity index is 1.55. The molecule has 1 aliphatic heterocycles. The summed E-state index contributed by atoms with van der Waals surface area (Å²) in [4.78, 5) is 38.5. The first kappa shape index (κ1) is 25.1. The van der Waals surface area contributed by atoms with Crippen LogP contribution in [0.4, 0.5) is 21.9 Å². The number of amides is 2. The van der Waals surface area contributed by atoms with Crippen LogP contribution in [-0.2, 0) is 4.74 Å². The molecular weight excluding hydrogens is 456 g/mol. The van der Waals surface area contributed by atoms with Crippen molar-refractivity contribution in [2.24, 2.45) is 0 Å². The van der Waals surface area contributed by atoms with E-state index in [4.69, 9.17) is 4.74 Å². The van der Waals surface area contributed by atoms with Gasteiger partial charge in [-0.2, -0.15) is 0 Å². The third-order valence-electron chi connectivity index (χ3n) is 5.77. The van der Waals surface area contributed by atoms with Crippen molar-refractivity contribution in [3.63, 3.8) is 0 Å². The number of piperazine rings is 1. The minimum absolute atomic E-state index is 0.283. The fourth-order valence-electron chi connectivity index (χ4n) is 3.85. The zero-order valence-electron chi connectivity index (χ0n) is 21.1. The number of aromatic nitrogens is 2. The highest BCUT2D eigenvalue weighted by Crippen LogP contribution is 2.30. The van der Waals surface area contributed by atoms with Crippen LogP contribution >= 0.6 is 0 Å². The molecule has 0 bridgehead atoms. The first-order chi connectivity index (χ1) is 17.2. The van der Waals surface area contributed by atoms with Gasteiger partial charge in [0.05, 0.1) is 23.3 Å². The van der Waals surface area contributed by atoms with Crippen LogP contribution in [0.15, 0.2) is 61.1 Å². The summed E-state index contributed by atoms with van der Waals surface area (Å²) >= 11 is 0. The fourth-order valence-corrected chi connectivity index (χ4v) is 3.85. The molecule has 188 valence electrons. The summed E-state index contributed by atoms with van der Waals surface area (Å²) in [6.45, 7) is 9.20. The first-order valence-corrected chi connectivity index (χ1v) is 11.9. The van der Waals surface area contributed by atoms with E-state index >= 15 is 0 Å². The summed E-state index contributed by atoms with van der Waals surface area (Å²) in [7, 11) is 2.11. The summed E-state index contributed by atoms with van der Waals surface area (Å²) in [6.07, 6.45) is 4.52. The maximum atomic E-state index is 13.1. The van der Waals surface area contributed by atoms with Gasteiger partial charge in [0.15, 0.2) is 0 Å². The second-order valence-corrected chi connectivity index (χ2v) is 9.77. The van der Waals surface area contributed by atoms with Crippen LogP contribution in [0.2, 0.25) is 0 Å². The fraction of sp³-hybridized carbons (Fsp3) is 0.333. The normalized spacial score (nSPS) is 14.3. The molecule has 0 saturated carbocycles. The highest BCUT2D eigenvalue weighted by Gasteiger charge is 2.19. The van der Waals surface area contributed by atoms with Crippen LogP contribution in [-0.4, -0.2) is 65.7 Å². The lowest BCUT2D eigenvalue weighted by Crippen LogP contribution is -2.44.